The van der Waals surface area contributed by atoms with Gasteiger partial charge in [0.2, 0.25) is 17.7 Å². The maximum Gasteiger partial charge on any atom is 0.246 e. The monoisotopic (exact) mass is 1030 g/mol. The number of rotatable bonds is 22. The number of thiazole rings is 1. The molecule has 0 bridgehead atoms. The zero-order valence-electron chi connectivity index (χ0n) is 42.6. The zero-order chi connectivity index (χ0) is 51.8. The highest BCUT2D eigenvalue weighted by Gasteiger charge is 2.44. The molecule has 5 N–H and O–H groups in total. The molecule has 1 saturated carbocycles. The molecule has 2 fully saturated rings. The molecule has 1 aliphatic carbocycles. The standard InChI is InChI=1S/C58H69N5O8S2/c1-36(38-15-17-40(18-16-38)53-37(2)59-35-72-53)60-56(69)48-32-45(66)34-63(48)57(70)55(58(3,4)5)61-50(67)14-9-7-6-8-10-29-62(42-12-11-13-42)30-31-71-46-26-21-39(22-27-46)52(68)51-47-28-25-44(65)33-49(47)73-54(51)41-19-23-43(64)24-20-41/h15-28,33,35-36,42,45,48,55,64-66H,6-14,29-32,34H2,1-5H3,(H,60,69)(H,61,67)/t36-,45+,48-,55+/m0/s1. The molecule has 0 radical (unpaired) electrons. The van der Waals surface area contributed by atoms with Crippen molar-refractivity contribution in [1.29, 1.82) is 0 Å². The number of likely N-dealkylation sites (tertiary alicyclic amines) is 1. The van der Waals surface area contributed by atoms with Crippen molar-refractivity contribution in [3.8, 4) is 38.1 Å². The number of phenols is 2. The summed E-state index contributed by atoms with van der Waals surface area (Å²) in [4.78, 5) is 65.5. The van der Waals surface area contributed by atoms with Gasteiger partial charge in [0.1, 0.15) is 35.9 Å². The molecule has 8 rings (SSSR count). The van der Waals surface area contributed by atoms with Gasteiger partial charge in [-0.25, -0.2) is 4.98 Å². The summed E-state index contributed by atoms with van der Waals surface area (Å²) in [6.07, 6.45) is 7.83. The van der Waals surface area contributed by atoms with Crippen molar-refractivity contribution in [3.05, 3.63) is 119 Å². The SMILES string of the molecule is Cc1ncsc1-c1ccc([C@H](C)NC(=O)[C@@H]2C[C@@H](O)CN2C(=O)[C@@H](NC(=O)CCCCCCCN(CCOc2ccc(C(=O)c3c(-c4ccc(O)cc4)sc4cc(O)ccc34)cc2)C2CCC2)C(C)(C)C)cc1. The first-order valence-corrected chi connectivity index (χ1v) is 27.4. The maximum absolute atomic E-state index is 14.2. The number of hydrogen-bond donors (Lipinski definition) is 5. The molecule has 73 heavy (non-hydrogen) atoms. The number of aryl methyl sites for hydroxylation is 1. The predicted molar refractivity (Wildman–Crippen MR) is 289 cm³/mol. The Hall–Kier alpha value is -6.13. The van der Waals surface area contributed by atoms with Crippen molar-refractivity contribution in [2.75, 3.05) is 26.2 Å². The van der Waals surface area contributed by atoms with Gasteiger partial charge < -0.3 is 35.6 Å². The number of thiophene rings is 1. The van der Waals surface area contributed by atoms with E-state index in [1.54, 1.807) is 65.9 Å². The number of ketones is 1. The van der Waals surface area contributed by atoms with Crippen molar-refractivity contribution < 1.29 is 39.2 Å². The summed E-state index contributed by atoms with van der Waals surface area (Å²) < 4.78 is 7.01. The fourth-order valence-electron chi connectivity index (χ4n) is 9.86. The van der Waals surface area contributed by atoms with Crippen LogP contribution in [-0.2, 0) is 14.4 Å². The lowest BCUT2D eigenvalue weighted by atomic mass is 9.85. The van der Waals surface area contributed by atoms with Crippen LogP contribution in [0.2, 0.25) is 0 Å². The third-order valence-electron chi connectivity index (χ3n) is 14.3. The Bertz CT molecular complexity index is 2850. The molecule has 15 heteroatoms. The Balaban J connectivity index is 0.761. The number of hydrogen-bond acceptors (Lipinski definition) is 12. The van der Waals surface area contributed by atoms with Crippen LogP contribution in [0.4, 0.5) is 0 Å². The van der Waals surface area contributed by atoms with E-state index in [4.69, 9.17) is 4.74 Å². The smallest absolute Gasteiger partial charge is 0.246 e. The van der Waals surface area contributed by atoms with Crippen molar-refractivity contribution in [1.82, 2.24) is 25.4 Å². The highest BCUT2D eigenvalue weighted by molar-refractivity contribution is 7.22. The number of aliphatic hydroxyl groups is 1. The molecule has 4 atom stereocenters. The Morgan fingerprint density at radius 2 is 1.51 bits per heavy atom. The van der Waals surface area contributed by atoms with Crippen LogP contribution in [0.5, 0.6) is 17.2 Å². The largest absolute Gasteiger partial charge is 0.508 e. The zero-order valence-corrected chi connectivity index (χ0v) is 44.2. The van der Waals surface area contributed by atoms with Gasteiger partial charge in [0.05, 0.1) is 28.2 Å². The molecule has 386 valence electrons. The fraction of sp³-hybridized carbons (Fsp3) is 0.431. The summed E-state index contributed by atoms with van der Waals surface area (Å²) in [6, 6.07) is 25.6. The number of nitrogens with zero attached hydrogens (tertiary/aromatic N) is 3. The number of aliphatic hydroxyl groups excluding tert-OH is 1. The van der Waals surface area contributed by atoms with Gasteiger partial charge in [-0.1, -0.05) is 70.7 Å². The minimum Gasteiger partial charge on any atom is -0.508 e. The first-order valence-electron chi connectivity index (χ1n) is 25.7. The van der Waals surface area contributed by atoms with Crippen LogP contribution in [0.25, 0.3) is 31.0 Å². The van der Waals surface area contributed by atoms with E-state index >= 15 is 0 Å². The number of ether oxygens (including phenoxy) is 1. The molecular formula is C58H69N5O8S2. The van der Waals surface area contributed by atoms with Crippen molar-refractivity contribution in [2.24, 2.45) is 5.41 Å². The molecule has 13 nitrogen and oxygen atoms in total. The third kappa shape index (κ3) is 13.2. The van der Waals surface area contributed by atoms with Gasteiger partial charge >= 0.3 is 0 Å². The van der Waals surface area contributed by atoms with E-state index < -0.39 is 23.6 Å². The summed E-state index contributed by atoms with van der Waals surface area (Å²) >= 11 is 3.02. The lowest BCUT2D eigenvalue weighted by Gasteiger charge is -2.37. The summed E-state index contributed by atoms with van der Waals surface area (Å²) in [7, 11) is 0. The van der Waals surface area contributed by atoms with Crippen LogP contribution in [0.1, 0.15) is 125 Å². The van der Waals surface area contributed by atoms with Crippen LogP contribution < -0.4 is 15.4 Å². The number of unbranched alkanes of at least 4 members (excludes halogenated alkanes) is 4. The number of aromatic hydroxyl groups is 2. The lowest BCUT2D eigenvalue weighted by molar-refractivity contribution is -0.144. The van der Waals surface area contributed by atoms with Crippen LogP contribution in [0.3, 0.4) is 0 Å². The number of carbonyl (C=O) groups is 4. The molecule has 1 saturated heterocycles. The first-order chi connectivity index (χ1) is 35.0. The Morgan fingerprint density at radius 3 is 2.18 bits per heavy atom. The van der Waals surface area contributed by atoms with E-state index in [0.717, 1.165) is 81.0 Å². The average Bonchev–Trinajstić information content (AvgIpc) is 4.08. The van der Waals surface area contributed by atoms with Crippen LogP contribution in [0.15, 0.2) is 96.5 Å². The van der Waals surface area contributed by atoms with E-state index in [9.17, 15) is 34.5 Å². The molecule has 6 aromatic rings. The van der Waals surface area contributed by atoms with Crippen LogP contribution in [0, 0.1) is 12.3 Å². The van der Waals surface area contributed by atoms with Crippen molar-refractivity contribution in [3.63, 3.8) is 0 Å². The summed E-state index contributed by atoms with van der Waals surface area (Å²) in [6.45, 7) is 11.9. The Kier molecular flexibility index (Phi) is 17.4. The van der Waals surface area contributed by atoms with Gasteiger partial charge in [-0.15, -0.1) is 22.7 Å². The molecule has 0 unspecified atom stereocenters. The normalized spacial score (nSPS) is 16.8. The molecular weight excluding hydrogens is 959 g/mol. The molecule has 1 aliphatic heterocycles. The number of benzene rings is 4. The van der Waals surface area contributed by atoms with E-state index in [2.05, 4.69) is 20.5 Å². The highest BCUT2D eigenvalue weighted by Crippen LogP contribution is 2.42. The van der Waals surface area contributed by atoms with E-state index in [1.807, 2.05) is 76.5 Å². The Morgan fingerprint density at radius 1 is 0.836 bits per heavy atom. The second-order valence-corrected chi connectivity index (χ2v) is 22.7. The lowest BCUT2D eigenvalue weighted by Crippen LogP contribution is -2.57. The van der Waals surface area contributed by atoms with Gasteiger partial charge in [-0.3, -0.25) is 24.1 Å². The predicted octanol–water partition coefficient (Wildman–Crippen LogP) is 10.6. The topological polar surface area (TPSA) is 182 Å². The molecule has 2 aliphatic rings. The molecule has 2 aromatic heterocycles. The van der Waals surface area contributed by atoms with Gasteiger partial charge in [0, 0.05) is 58.1 Å². The number of fused-ring (bicyclic) bond motifs is 1. The number of carbonyl (C=O) groups excluding carboxylic acids is 4. The van der Waals surface area contributed by atoms with E-state index in [-0.39, 0.29) is 54.0 Å². The number of nitrogens with one attached hydrogen (secondary N) is 2. The van der Waals surface area contributed by atoms with Crippen LogP contribution in [-0.4, -0.2) is 104 Å². The Labute approximate surface area is 436 Å². The number of aromatic nitrogens is 1. The molecule has 3 heterocycles. The van der Waals surface area contributed by atoms with Gasteiger partial charge in [0.25, 0.3) is 0 Å². The number of amides is 3. The second kappa shape index (κ2) is 23.8. The summed E-state index contributed by atoms with van der Waals surface area (Å²) in [5.41, 5.74) is 6.04. The minimum atomic E-state index is -0.868. The van der Waals surface area contributed by atoms with Gasteiger partial charge in [0.15, 0.2) is 5.78 Å². The third-order valence-corrected chi connectivity index (χ3v) is 16.5. The first kappa shape index (κ1) is 53.2. The number of β-amino-alcohol motifs (C(OH)–C–C–N with tert-alkyl or cyclic N) is 1. The highest BCUT2D eigenvalue weighted by atomic mass is 32.1. The van der Waals surface area contributed by atoms with E-state index in [0.29, 0.717) is 42.4 Å². The quantitative estimate of drug-likeness (QED) is 0.0324. The van der Waals surface area contributed by atoms with Crippen molar-refractivity contribution in [2.45, 2.75) is 129 Å². The average molecular weight is 1030 g/mol. The van der Waals surface area contributed by atoms with Gasteiger partial charge in [-0.2, -0.15) is 0 Å². The molecule has 3 amide bonds. The summed E-state index contributed by atoms with van der Waals surface area (Å²) in [5, 5.41) is 37.6. The maximum atomic E-state index is 14.2. The van der Waals surface area contributed by atoms with Gasteiger partial charge in [-0.05, 0) is 135 Å². The minimum absolute atomic E-state index is 0.0219. The van der Waals surface area contributed by atoms with E-state index in [1.165, 1.54) is 35.5 Å². The summed E-state index contributed by atoms with van der Waals surface area (Å²) in [5.74, 6) is -0.0600. The molecule has 0 spiro atoms. The second-order valence-electron chi connectivity index (χ2n) is 20.8. The number of phenolic OH excluding ortho intramolecular Hbond substituents is 2. The fourth-order valence-corrected chi connectivity index (χ4v) is 11.9. The van der Waals surface area contributed by atoms with Crippen LogP contribution >= 0.6 is 22.7 Å². The van der Waals surface area contributed by atoms with Crippen molar-refractivity contribution >= 4 is 56.3 Å². The molecule has 4 aromatic carbocycles.